The van der Waals surface area contributed by atoms with Crippen LogP contribution in [0.5, 0.6) is 0 Å². The average Bonchev–Trinajstić information content (AvgIpc) is 3.08. The van der Waals surface area contributed by atoms with Crippen LogP contribution in [0.1, 0.15) is 54.4 Å². The van der Waals surface area contributed by atoms with Crippen LogP contribution in [0.4, 0.5) is 0 Å². The highest BCUT2D eigenvalue weighted by Gasteiger charge is 2.50. The Kier molecular flexibility index (Phi) is 6.10. The summed E-state index contributed by atoms with van der Waals surface area (Å²) in [6.45, 7) is 6.90. The van der Waals surface area contributed by atoms with E-state index in [0.29, 0.717) is 26.1 Å². The molecular weight excluding hydrogens is 374 g/mol. The quantitative estimate of drug-likeness (QED) is 0.707. The Balaban J connectivity index is 1.61. The molecule has 1 amide bonds. The van der Waals surface area contributed by atoms with Gasteiger partial charge in [0.1, 0.15) is 11.3 Å². The van der Waals surface area contributed by atoms with Crippen LogP contribution >= 0.6 is 0 Å². The number of benzene rings is 1. The number of carboxylic acids is 1. The first-order chi connectivity index (χ1) is 13.6. The summed E-state index contributed by atoms with van der Waals surface area (Å²) >= 11 is 0. The number of amides is 1. The normalized spacial score (nSPS) is 19.8. The van der Waals surface area contributed by atoms with Crippen LogP contribution in [0.2, 0.25) is 0 Å². The molecule has 0 unspecified atom stereocenters. The van der Waals surface area contributed by atoms with Gasteiger partial charge in [0.15, 0.2) is 5.79 Å². The van der Waals surface area contributed by atoms with Crippen LogP contribution < -0.4 is 5.32 Å². The first-order valence-corrected chi connectivity index (χ1v) is 10.1. The lowest BCUT2D eigenvalue weighted by molar-refractivity contribution is -0.191. The average molecular weight is 403 g/mol. The van der Waals surface area contributed by atoms with Crippen molar-refractivity contribution in [2.24, 2.45) is 0 Å². The molecule has 29 heavy (non-hydrogen) atoms. The van der Waals surface area contributed by atoms with E-state index < -0.39 is 23.2 Å². The van der Waals surface area contributed by atoms with Gasteiger partial charge in [0.25, 0.3) is 0 Å². The van der Waals surface area contributed by atoms with Crippen LogP contribution in [0.25, 0.3) is 0 Å². The highest BCUT2D eigenvalue weighted by atomic mass is 16.7. The van der Waals surface area contributed by atoms with E-state index in [1.54, 1.807) is 0 Å². The van der Waals surface area contributed by atoms with Crippen molar-refractivity contribution in [3.63, 3.8) is 0 Å². The number of hydrogen-bond donors (Lipinski definition) is 2. The molecule has 1 aromatic carbocycles. The molecule has 0 aromatic heterocycles. The number of hydrogen-bond acceptors (Lipinski definition) is 5. The van der Waals surface area contributed by atoms with Gasteiger partial charge in [-0.15, -0.1) is 0 Å². The van der Waals surface area contributed by atoms with E-state index in [0.717, 1.165) is 22.3 Å². The molecule has 1 aliphatic carbocycles. The summed E-state index contributed by atoms with van der Waals surface area (Å²) in [5.74, 6) is -2.59. The first-order valence-electron chi connectivity index (χ1n) is 10.1. The van der Waals surface area contributed by atoms with E-state index in [9.17, 15) is 19.5 Å². The number of aliphatic carboxylic acids is 1. The van der Waals surface area contributed by atoms with Gasteiger partial charge in [0, 0.05) is 19.3 Å². The van der Waals surface area contributed by atoms with Gasteiger partial charge >= 0.3 is 5.97 Å². The van der Waals surface area contributed by atoms with Crippen molar-refractivity contribution in [1.82, 2.24) is 5.32 Å². The highest BCUT2D eigenvalue weighted by molar-refractivity contribution is 6.00. The predicted octanol–water partition coefficient (Wildman–Crippen LogP) is 2.37. The maximum absolute atomic E-state index is 12.5. The summed E-state index contributed by atoms with van der Waals surface area (Å²) in [7, 11) is 0. The SMILES string of the molecule is Cc1cc(C)c(CC(=O)CC(=O)NC2(C(=O)O)CCC3(CC2)OCCO3)c(C)c1. The first kappa shape index (κ1) is 21.5. The molecule has 1 aromatic rings. The topological polar surface area (TPSA) is 102 Å². The maximum Gasteiger partial charge on any atom is 0.329 e. The van der Waals surface area contributed by atoms with Crippen molar-refractivity contribution in [3.05, 3.63) is 34.4 Å². The molecular formula is C22H29NO6. The maximum atomic E-state index is 12.5. The van der Waals surface area contributed by atoms with Crippen molar-refractivity contribution in [2.45, 2.75) is 70.6 Å². The van der Waals surface area contributed by atoms with E-state index in [4.69, 9.17) is 9.47 Å². The summed E-state index contributed by atoms with van der Waals surface area (Å²) in [5, 5.41) is 12.4. The molecule has 0 radical (unpaired) electrons. The van der Waals surface area contributed by atoms with E-state index in [1.807, 2.05) is 32.9 Å². The minimum atomic E-state index is -1.38. The zero-order chi connectivity index (χ0) is 21.2. The second-order valence-corrected chi connectivity index (χ2v) is 8.31. The molecule has 7 nitrogen and oxygen atoms in total. The standard InChI is InChI=1S/C22H29NO6/c1-14-10-15(2)18(16(3)11-14)12-17(24)13-19(25)23-21(20(26)27)4-6-22(7-5-21)28-8-9-29-22/h10-11H,4-9,12-13H2,1-3H3,(H,23,25)(H,26,27). The molecule has 1 aliphatic heterocycles. The molecule has 7 heteroatoms. The Bertz CT molecular complexity index is 792. The summed E-state index contributed by atoms with van der Waals surface area (Å²) in [4.78, 5) is 36.9. The van der Waals surface area contributed by atoms with Crippen LogP contribution in [0, 0.1) is 20.8 Å². The van der Waals surface area contributed by atoms with Crippen molar-refractivity contribution < 1.29 is 29.0 Å². The number of nitrogens with one attached hydrogen (secondary N) is 1. The fourth-order valence-electron chi connectivity index (χ4n) is 4.47. The summed E-state index contributed by atoms with van der Waals surface area (Å²) in [6.07, 6.45) is 1.04. The fraction of sp³-hybridized carbons (Fsp3) is 0.591. The van der Waals surface area contributed by atoms with Gasteiger partial charge in [-0.05, 0) is 50.3 Å². The molecule has 2 N–H and O–H groups in total. The van der Waals surface area contributed by atoms with Gasteiger partial charge in [-0.2, -0.15) is 0 Å². The van der Waals surface area contributed by atoms with Crippen LogP contribution in [-0.4, -0.2) is 47.3 Å². The van der Waals surface area contributed by atoms with Crippen molar-refractivity contribution >= 4 is 17.7 Å². The lowest BCUT2D eigenvalue weighted by Gasteiger charge is -2.41. The van der Waals surface area contributed by atoms with Crippen LogP contribution in [0.3, 0.4) is 0 Å². The van der Waals surface area contributed by atoms with Gasteiger partial charge in [-0.25, -0.2) is 4.79 Å². The lowest BCUT2D eigenvalue weighted by atomic mass is 9.78. The molecule has 158 valence electrons. The third-order valence-corrected chi connectivity index (χ3v) is 6.04. The molecule has 2 aliphatic rings. The van der Waals surface area contributed by atoms with Crippen molar-refractivity contribution in [3.8, 4) is 0 Å². The number of carbonyl (C=O) groups is 3. The van der Waals surface area contributed by atoms with Crippen LogP contribution in [-0.2, 0) is 30.3 Å². The molecule has 1 saturated heterocycles. The number of rotatable bonds is 6. The number of carbonyl (C=O) groups excluding carboxylic acids is 2. The molecule has 0 bridgehead atoms. The van der Waals surface area contributed by atoms with Gasteiger partial charge in [-0.3, -0.25) is 9.59 Å². The Labute approximate surface area is 170 Å². The third kappa shape index (κ3) is 4.67. The van der Waals surface area contributed by atoms with E-state index in [1.165, 1.54) is 0 Å². The number of ether oxygens (including phenoxy) is 2. The van der Waals surface area contributed by atoms with Gasteiger partial charge in [0.05, 0.1) is 19.6 Å². The molecule has 2 fully saturated rings. The van der Waals surface area contributed by atoms with Gasteiger partial charge < -0.3 is 19.9 Å². The van der Waals surface area contributed by atoms with E-state index in [2.05, 4.69) is 5.32 Å². The fourth-order valence-corrected chi connectivity index (χ4v) is 4.47. The monoisotopic (exact) mass is 403 g/mol. The Morgan fingerprint density at radius 3 is 2.07 bits per heavy atom. The molecule has 3 rings (SSSR count). The lowest BCUT2D eigenvalue weighted by Crippen LogP contribution is -2.59. The smallest absolute Gasteiger partial charge is 0.329 e. The number of carboxylic acid groups (broad SMARTS) is 1. The van der Waals surface area contributed by atoms with Gasteiger partial charge in [0.2, 0.25) is 5.91 Å². The second kappa shape index (κ2) is 8.24. The third-order valence-electron chi connectivity index (χ3n) is 6.04. The van der Waals surface area contributed by atoms with E-state index >= 15 is 0 Å². The number of Topliss-reactive ketones (excluding diaryl/α,β-unsaturated/α-hetero) is 1. The molecule has 1 heterocycles. The zero-order valence-corrected chi connectivity index (χ0v) is 17.3. The summed E-state index contributed by atoms with van der Waals surface area (Å²) in [6, 6.07) is 4.03. The van der Waals surface area contributed by atoms with E-state index in [-0.39, 0.29) is 31.5 Å². The van der Waals surface area contributed by atoms with Crippen LogP contribution in [0.15, 0.2) is 12.1 Å². The largest absolute Gasteiger partial charge is 0.480 e. The summed E-state index contributed by atoms with van der Waals surface area (Å²) in [5.41, 5.74) is 2.71. The molecule has 0 atom stereocenters. The minimum absolute atomic E-state index is 0.163. The number of aryl methyl sites for hydroxylation is 3. The predicted molar refractivity (Wildman–Crippen MR) is 106 cm³/mol. The number of ketones is 1. The molecule has 1 saturated carbocycles. The Morgan fingerprint density at radius 2 is 1.55 bits per heavy atom. The van der Waals surface area contributed by atoms with Crippen molar-refractivity contribution in [2.75, 3.05) is 13.2 Å². The van der Waals surface area contributed by atoms with Gasteiger partial charge in [-0.1, -0.05) is 17.7 Å². The molecule has 1 spiro atoms. The highest BCUT2D eigenvalue weighted by Crippen LogP contribution is 2.40. The minimum Gasteiger partial charge on any atom is -0.480 e. The summed E-state index contributed by atoms with van der Waals surface area (Å²) < 4.78 is 11.3. The Hall–Kier alpha value is -2.25. The Morgan fingerprint density at radius 1 is 1.00 bits per heavy atom. The second-order valence-electron chi connectivity index (χ2n) is 8.31. The van der Waals surface area contributed by atoms with Crippen molar-refractivity contribution in [1.29, 1.82) is 0 Å². The zero-order valence-electron chi connectivity index (χ0n) is 17.3.